The van der Waals surface area contributed by atoms with Gasteiger partial charge >= 0.3 is 0 Å². The SMILES string of the molecule is COc1ccc(OC)c(C(=O)N(CC=Cc2ccccc2)c2ccc3c(c2)OCCO3)c1. The Balaban J connectivity index is 1.70. The number of methoxy groups -OCH3 is 2. The molecule has 4 rings (SSSR count). The van der Waals surface area contributed by atoms with Crippen molar-refractivity contribution in [2.75, 3.05) is 38.9 Å². The highest BCUT2D eigenvalue weighted by Gasteiger charge is 2.23. The zero-order valence-electron chi connectivity index (χ0n) is 18.1. The standard InChI is InChI=1S/C26H25NO5/c1-29-21-11-13-23(30-2)22(18-21)26(28)27(14-6-9-19-7-4-3-5-8-19)20-10-12-24-25(17-20)32-16-15-31-24/h3-13,17-18H,14-16H2,1-2H3. The average molecular weight is 431 g/mol. The van der Waals surface area contributed by atoms with E-state index in [2.05, 4.69) is 0 Å². The molecule has 1 aliphatic heterocycles. The van der Waals surface area contributed by atoms with Gasteiger partial charge in [-0.1, -0.05) is 42.5 Å². The van der Waals surface area contributed by atoms with Gasteiger partial charge < -0.3 is 23.8 Å². The highest BCUT2D eigenvalue weighted by atomic mass is 16.6. The molecule has 0 aromatic heterocycles. The molecule has 0 fully saturated rings. The van der Waals surface area contributed by atoms with Gasteiger partial charge in [0, 0.05) is 18.3 Å². The number of carbonyl (C=O) groups excluding carboxylic acids is 1. The molecular weight excluding hydrogens is 406 g/mol. The Labute approximate surface area is 187 Å². The van der Waals surface area contributed by atoms with Gasteiger partial charge in [0.2, 0.25) is 0 Å². The molecule has 6 nitrogen and oxygen atoms in total. The third-order valence-electron chi connectivity index (χ3n) is 5.12. The van der Waals surface area contributed by atoms with Crippen LogP contribution in [-0.2, 0) is 0 Å². The fraction of sp³-hybridized carbons (Fsp3) is 0.192. The van der Waals surface area contributed by atoms with Gasteiger partial charge in [-0.2, -0.15) is 0 Å². The molecule has 1 aliphatic rings. The maximum absolute atomic E-state index is 13.7. The zero-order valence-corrected chi connectivity index (χ0v) is 18.1. The molecule has 1 amide bonds. The monoisotopic (exact) mass is 431 g/mol. The van der Waals surface area contributed by atoms with Gasteiger partial charge in [-0.25, -0.2) is 0 Å². The van der Waals surface area contributed by atoms with Crippen LogP contribution in [0.4, 0.5) is 5.69 Å². The summed E-state index contributed by atoms with van der Waals surface area (Å²) in [5.41, 5.74) is 2.16. The van der Waals surface area contributed by atoms with E-state index in [9.17, 15) is 4.79 Å². The van der Waals surface area contributed by atoms with E-state index >= 15 is 0 Å². The number of amides is 1. The smallest absolute Gasteiger partial charge is 0.262 e. The second kappa shape index (κ2) is 9.92. The molecule has 0 bridgehead atoms. The summed E-state index contributed by atoms with van der Waals surface area (Å²) in [5.74, 6) is 2.14. The van der Waals surface area contributed by atoms with Crippen molar-refractivity contribution in [3.63, 3.8) is 0 Å². The minimum absolute atomic E-state index is 0.213. The highest BCUT2D eigenvalue weighted by Crippen LogP contribution is 2.35. The number of rotatable bonds is 7. The number of hydrogen-bond donors (Lipinski definition) is 0. The number of benzene rings is 3. The summed E-state index contributed by atoms with van der Waals surface area (Å²) in [6, 6.07) is 20.6. The lowest BCUT2D eigenvalue weighted by atomic mass is 10.1. The molecule has 0 spiro atoms. The van der Waals surface area contributed by atoms with E-state index in [1.165, 1.54) is 0 Å². The van der Waals surface area contributed by atoms with E-state index in [1.54, 1.807) is 37.3 Å². The molecule has 32 heavy (non-hydrogen) atoms. The summed E-state index contributed by atoms with van der Waals surface area (Å²) in [6.07, 6.45) is 3.94. The third kappa shape index (κ3) is 4.70. The van der Waals surface area contributed by atoms with E-state index in [0.717, 1.165) is 5.56 Å². The van der Waals surface area contributed by atoms with Gasteiger partial charge in [0.1, 0.15) is 24.7 Å². The molecule has 0 aliphatic carbocycles. The van der Waals surface area contributed by atoms with E-state index in [-0.39, 0.29) is 5.91 Å². The molecule has 0 radical (unpaired) electrons. The van der Waals surface area contributed by atoms with Crippen LogP contribution in [0, 0.1) is 0 Å². The summed E-state index contributed by atoms with van der Waals surface area (Å²) in [4.78, 5) is 15.4. The van der Waals surface area contributed by atoms with Crippen LogP contribution in [0.1, 0.15) is 15.9 Å². The average Bonchev–Trinajstić information content (AvgIpc) is 2.86. The van der Waals surface area contributed by atoms with E-state index in [4.69, 9.17) is 18.9 Å². The van der Waals surface area contributed by atoms with Crippen LogP contribution in [0.3, 0.4) is 0 Å². The van der Waals surface area contributed by atoms with Crippen molar-refractivity contribution < 1.29 is 23.7 Å². The Bertz CT molecular complexity index is 1110. The molecule has 1 heterocycles. The fourth-order valence-corrected chi connectivity index (χ4v) is 3.49. The molecular formula is C26H25NO5. The second-order valence-electron chi connectivity index (χ2n) is 7.12. The maximum Gasteiger partial charge on any atom is 0.262 e. The fourth-order valence-electron chi connectivity index (χ4n) is 3.49. The first-order valence-electron chi connectivity index (χ1n) is 10.3. The van der Waals surface area contributed by atoms with Crippen LogP contribution in [-0.4, -0.2) is 39.9 Å². The Hall–Kier alpha value is -3.93. The molecule has 0 atom stereocenters. The minimum atomic E-state index is -0.213. The van der Waals surface area contributed by atoms with Crippen molar-refractivity contribution in [3.8, 4) is 23.0 Å². The van der Waals surface area contributed by atoms with E-state index in [0.29, 0.717) is 54.0 Å². The summed E-state index contributed by atoms with van der Waals surface area (Å²) < 4.78 is 22.1. The van der Waals surface area contributed by atoms with Crippen LogP contribution >= 0.6 is 0 Å². The Kier molecular flexibility index (Phi) is 6.60. The molecule has 0 saturated heterocycles. The molecule has 3 aromatic rings. The van der Waals surface area contributed by atoms with Crippen molar-refractivity contribution in [2.45, 2.75) is 0 Å². The highest BCUT2D eigenvalue weighted by molar-refractivity contribution is 6.08. The number of hydrogen-bond acceptors (Lipinski definition) is 5. The third-order valence-corrected chi connectivity index (χ3v) is 5.12. The summed E-state index contributed by atoms with van der Waals surface area (Å²) >= 11 is 0. The van der Waals surface area contributed by atoms with Gasteiger partial charge in [-0.05, 0) is 35.9 Å². The van der Waals surface area contributed by atoms with Gasteiger partial charge in [-0.3, -0.25) is 4.79 Å². The Morgan fingerprint density at radius 2 is 1.72 bits per heavy atom. The predicted molar refractivity (Wildman–Crippen MR) is 124 cm³/mol. The number of anilines is 1. The van der Waals surface area contributed by atoms with Gasteiger partial charge in [0.15, 0.2) is 11.5 Å². The lowest BCUT2D eigenvalue weighted by Gasteiger charge is -2.25. The molecule has 164 valence electrons. The number of fused-ring (bicyclic) bond motifs is 1. The molecule has 0 saturated carbocycles. The predicted octanol–water partition coefficient (Wildman–Crippen LogP) is 4.84. The van der Waals surface area contributed by atoms with Crippen LogP contribution in [0.5, 0.6) is 23.0 Å². The number of carbonyl (C=O) groups is 1. The van der Waals surface area contributed by atoms with Crippen molar-refractivity contribution in [1.82, 2.24) is 0 Å². The van der Waals surface area contributed by atoms with E-state index in [1.807, 2.05) is 60.7 Å². The molecule has 3 aromatic carbocycles. The van der Waals surface area contributed by atoms with Gasteiger partial charge in [-0.15, -0.1) is 0 Å². The zero-order chi connectivity index (χ0) is 22.3. The van der Waals surface area contributed by atoms with E-state index < -0.39 is 0 Å². The van der Waals surface area contributed by atoms with Crippen molar-refractivity contribution in [1.29, 1.82) is 0 Å². The molecule has 6 heteroatoms. The van der Waals surface area contributed by atoms with Crippen LogP contribution in [0.15, 0.2) is 72.8 Å². The van der Waals surface area contributed by atoms with Crippen LogP contribution in [0.25, 0.3) is 6.08 Å². The Morgan fingerprint density at radius 3 is 2.47 bits per heavy atom. The maximum atomic E-state index is 13.7. The van der Waals surface area contributed by atoms with Crippen LogP contribution < -0.4 is 23.8 Å². The largest absolute Gasteiger partial charge is 0.497 e. The first-order valence-corrected chi connectivity index (χ1v) is 10.3. The number of nitrogens with zero attached hydrogens (tertiary/aromatic N) is 1. The Morgan fingerprint density at radius 1 is 0.938 bits per heavy atom. The van der Waals surface area contributed by atoms with Crippen molar-refractivity contribution >= 4 is 17.7 Å². The topological polar surface area (TPSA) is 57.2 Å². The lowest BCUT2D eigenvalue weighted by Crippen LogP contribution is -2.31. The van der Waals surface area contributed by atoms with Gasteiger partial charge in [0.25, 0.3) is 5.91 Å². The normalized spacial score (nSPS) is 12.4. The van der Waals surface area contributed by atoms with Crippen molar-refractivity contribution in [3.05, 3.63) is 83.9 Å². The van der Waals surface area contributed by atoms with Gasteiger partial charge in [0.05, 0.1) is 19.8 Å². The van der Waals surface area contributed by atoms with Crippen LogP contribution in [0.2, 0.25) is 0 Å². The summed E-state index contributed by atoms with van der Waals surface area (Å²) in [6.45, 7) is 1.34. The first kappa shape index (κ1) is 21.3. The summed E-state index contributed by atoms with van der Waals surface area (Å²) in [5, 5.41) is 0. The first-order chi connectivity index (χ1) is 15.7. The summed E-state index contributed by atoms with van der Waals surface area (Å²) in [7, 11) is 3.11. The number of ether oxygens (including phenoxy) is 4. The molecule has 0 unspecified atom stereocenters. The quantitative estimate of drug-likeness (QED) is 0.536. The minimum Gasteiger partial charge on any atom is -0.497 e. The van der Waals surface area contributed by atoms with Crippen molar-refractivity contribution in [2.24, 2.45) is 0 Å². The lowest BCUT2D eigenvalue weighted by molar-refractivity contribution is 0.0986. The second-order valence-corrected chi connectivity index (χ2v) is 7.12. The molecule has 0 N–H and O–H groups in total.